The van der Waals surface area contributed by atoms with Gasteiger partial charge in [-0.1, -0.05) is 13.8 Å². The summed E-state index contributed by atoms with van der Waals surface area (Å²) in [5.41, 5.74) is -0.346. The van der Waals surface area contributed by atoms with E-state index in [1.165, 1.54) is 0 Å². The Morgan fingerprint density at radius 2 is 2.07 bits per heavy atom. The zero-order chi connectivity index (χ0) is 20.6. The van der Waals surface area contributed by atoms with E-state index in [-0.39, 0.29) is 36.6 Å². The van der Waals surface area contributed by atoms with Gasteiger partial charge in [0.05, 0.1) is 25.0 Å². The first-order valence-electron chi connectivity index (χ1n) is 9.92. The first-order chi connectivity index (χ1) is 13.4. The molecular formula is C20H35IN6O2. The van der Waals surface area contributed by atoms with Crippen LogP contribution < -0.4 is 10.6 Å². The van der Waals surface area contributed by atoms with Crippen LogP contribution in [0.2, 0.25) is 0 Å². The standard InChI is InChI=1S/C20H34N6O2.HI/c1-6-21-19(23-15-20(4,27)16-12-24-25(5)14-16)22-13-17(26(7-2)8-3)18-10-9-11-28-18;/h9-12,14,17,27H,6-8,13,15H2,1-5H3,(H2,21,22,23);1H. The van der Waals surface area contributed by atoms with Crippen molar-refractivity contribution < 1.29 is 9.52 Å². The third-order valence-corrected chi connectivity index (χ3v) is 4.80. The highest BCUT2D eigenvalue weighted by Gasteiger charge is 2.25. The van der Waals surface area contributed by atoms with Crippen LogP contribution in [0.25, 0.3) is 0 Å². The maximum Gasteiger partial charge on any atom is 0.191 e. The van der Waals surface area contributed by atoms with Gasteiger partial charge in [0.15, 0.2) is 5.96 Å². The predicted molar refractivity (Wildman–Crippen MR) is 127 cm³/mol. The second-order valence-corrected chi connectivity index (χ2v) is 7.01. The van der Waals surface area contributed by atoms with E-state index >= 15 is 0 Å². The van der Waals surface area contributed by atoms with Crippen LogP contribution in [0.1, 0.15) is 45.1 Å². The van der Waals surface area contributed by atoms with Crippen molar-refractivity contribution in [3.63, 3.8) is 0 Å². The molecule has 0 amide bonds. The summed E-state index contributed by atoms with van der Waals surface area (Å²) in [7, 11) is 1.83. The number of halogens is 1. The highest BCUT2D eigenvalue weighted by molar-refractivity contribution is 14.0. The van der Waals surface area contributed by atoms with E-state index in [4.69, 9.17) is 4.42 Å². The molecule has 164 valence electrons. The van der Waals surface area contributed by atoms with Gasteiger partial charge in [-0.05, 0) is 39.1 Å². The molecule has 0 fully saturated rings. The van der Waals surface area contributed by atoms with Crippen molar-refractivity contribution in [3.8, 4) is 0 Å². The molecule has 0 aliphatic heterocycles. The van der Waals surface area contributed by atoms with E-state index in [9.17, 15) is 5.11 Å². The second-order valence-electron chi connectivity index (χ2n) is 7.01. The molecule has 29 heavy (non-hydrogen) atoms. The topological polar surface area (TPSA) is 90.8 Å². The average molecular weight is 518 g/mol. The fourth-order valence-corrected chi connectivity index (χ4v) is 3.11. The molecular weight excluding hydrogens is 483 g/mol. The summed E-state index contributed by atoms with van der Waals surface area (Å²) in [4.78, 5) is 6.93. The monoisotopic (exact) mass is 518 g/mol. The van der Waals surface area contributed by atoms with Gasteiger partial charge in [-0.3, -0.25) is 9.58 Å². The quantitative estimate of drug-likeness (QED) is 0.255. The summed E-state index contributed by atoms with van der Waals surface area (Å²) in [5.74, 6) is 1.59. The lowest BCUT2D eigenvalue weighted by Gasteiger charge is -2.29. The third-order valence-electron chi connectivity index (χ3n) is 4.80. The molecule has 3 N–H and O–H groups in total. The van der Waals surface area contributed by atoms with E-state index < -0.39 is 5.60 Å². The van der Waals surface area contributed by atoms with Gasteiger partial charge in [0.2, 0.25) is 0 Å². The molecule has 2 heterocycles. The van der Waals surface area contributed by atoms with Gasteiger partial charge in [0.25, 0.3) is 0 Å². The lowest BCUT2D eigenvalue weighted by atomic mass is 10.0. The number of aryl methyl sites for hydroxylation is 1. The number of rotatable bonds is 10. The number of nitrogens with zero attached hydrogens (tertiary/aromatic N) is 4. The number of furan rings is 1. The van der Waals surface area contributed by atoms with Crippen LogP contribution in [0.5, 0.6) is 0 Å². The maximum atomic E-state index is 10.8. The Balaban J connectivity index is 0.00000420. The van der Waals surface area contributed by atoms with Gasteiger partial charge in [0, 0.05) is 31.9 Å². The Morgan fingerprint density at radius 1 is 1.34 bits per heavy atom. The minimum absolute atomic E-state index is 0. The lowest BCUT2D eigenvalue weighted by Crippen LogP contribution is -2.43. The smallest absolute Gasteiger partial charge is 0.191 e. The van der Waals surface area contributed by atoms with E-state index in [0.717, 1.165) is 31.0 Å². The van der Waals surface area contributed by atoms with Crippen molar-refractivity contribution in [1.29, 1.82) is 0 Å². The zero-order valence-corrected chi connectivity index (χ0v) is 20.4. The fourth-order valence-electron chi connectivity index (χ4n) is 3.11. The third kappa shape index (κ3) is 7.31. The molecule has 8 nitrogen and oxygen atoms in total. The summed E-state index contributed by atoms with van der Waals surface area (Å²) >= 11 is 0. The summed E-state index contributed by atoms with van der Waals surface area (Å²) in [5, 5.41) is 21.5. The molecule has 0 bridgehead atoms. The number of hydrogen-bond donors (Lipinski definition) is 3. The van der Waals surface area contributed by atoms with Crippen LogP contribution in [-0.4, -0.2) is 58.5 Å². The van der Waals surface area contributed by atoms with Crippen molar-refractivity contribution in [2.45, 2.75) is 39.3 Å². The van der Waals surface area contributed by atoms with E-state index in [0.29, 0.717) is 12.5 Å². The van der Waals surface area contributed by atoms with Crippen molar-refractivity contribution in [2.75, 3.05) is 32.7 Å². The van der Waals surface area contributed by atoms with Gasteiger partial charge in [0.1, 0.15) is 11.4 Å². The largest absolute Gasteiger partial charge is 0.468 e. The van der Waals surface area contributed by atoms with E-state index in [2.05, 4.69) is 39.5 Å². The molecule has 0 spiro atoms. The number of aromatic nitrogens is 2. The molecule has 2 atom stereocenters. The molecule has 2 aromatic rings. The minimum atomic E-state index is -1.09. The van der Waals surface area contributed by atoms with Crippen LogP contribution in [0, 0.1) is 0 Å². The summed E-state index contributed by atoms with van der Waals surface area (Å²) in [6, 6.07) is 4.02. The molecule has 0 aliphatic rings. The van der Waals surface area contributed by atoms with Gasteiger partial charge in [-0.2, -0.15) is 5.10 Å². The Labute approximate surface area is 190 Å². The van der Waals surface area contributed by atoms with E-state index in [1.807, 2.05) is 32.3 Å². The van der Waals surface area contributed by atoms with Crippen LogP contribution >= 0.6 is 24.0 Å². The average Bonchev–Trinajstić information content (AvgIpc) is 3.35. The lowest BCUT2D eigenvalue weighted by molar-refractivity contribution is 0.0671. The molecule has 0 aromatic carbocycles. The van der Waals surface area contributed by atoms with Crippen LogP contribution in [0.4, 0.5) is 0 Å². The minimum Gasteiger partial charge on any atom is -0.468 e. The first-order valence-corrected chi connectivity index (χ1v) is 9.92. The highest BCUT2D eigenvalue weighted by Crippen LogP contribution is 2.21. The van der Waals surface area contributed by atoms with Crippen LogP contribution in [-0.2, 0) is 12.6 Å². The van der Waals surface area contributed by atoms with Crippen LogP contribution in [0.3, 0.4) is 0 Å². The fraction of sp³-hybridized carbons (Fsp3) is 0.600. The predicted octanol–water partition coefficient (Wildman–Crippen LogP) is 2.48. The molecule has 2 rings (SSSR count). The van der Waals surface area contributed by atoms with Crippen molar-refractivity contribution in [1.82, 2.24) is 25.3 Å². The van der Waals surface area contributed by atoms with Gasteiger partial charge in [-0.25, -0.2) is 4.99 Å². The number of aliphatic imine (C=N–C) groups is 1. The summed E-state index contributed by atoms with van der Waals surface area (Å²) in [6.07, 6.45) is 5.18. The molecule has 0 radical (unpaired) electrons. The summed E-state index contributed by atoms with van der Waals surface area (Å²) < 4.78 is 7.33. The Hall–Kier alpha value is -1.59. The molecule has 0 aliphatic carbocycles. The number of hydrogen-bond acceptors (Lipinski definition) is 5. The zero-order valence-electron chi connectivity index (χ0n) is 18.1. The van der Waals surface area contributed by atoms with Crippen LogP contribution in [0.15, 0.2) is 40.2 Å². The highest BCUT2D eigenvalue weighted by atomic mass is 127. The maximum absolute atomic E-state index is 10.8. The summed E-state index contributed by atoms with van der Waals surface area (Å²) in [6.45, 7) is 11.5. The molecule has 2 unspecified atom stereocenters. The number of aliphatic hydroxyl groups is 1. The van der Waals surface area contributed by atoms with E-state index in [1.54, 1.807) is 24.1 Å². The Kier molecular flexibility index (Phi) is 10.7. The van der Waals surface area contributed by atoms with Crippen molar-refractivity contribution in [3.05, 3.63) is 42.1 Å². The molecule has 9 heteroatoms. The normalized spacial score (nSPS) is 14.9. The molecule has 2 aromatic heterocycles. The molecule has 0 saturated heterocycles. The number of guanidine groups is 1. The Bertz CT molecular complexity index is 725. The van der Waals surface area contributed by atoms with Gasteiger partial charge < -0.3 is 20.2 Å². The Morgan fingerprint density at radius 3 is 2.59 bits per heavy atom. The van der Waals surface area contributed by atoms with Crippen molar-refractivity contribution in [2.24, 2.45) is 12.0 Å². The van der Waals surface area contributed by atoms with Gasteiger partial charge in [-0.15, -0.1) is 24.0 Å². The number of likely N-dealkylation sites (N-methyl/N-ethyl adjacent to an activating group) is 1. The second kappa shape index (κ2) is 12.2. The van der Waals surface area contributed by atoms with Gasteiger partial charge >= 0.3 is 0 Å². The SMILES string of the molecule is CCNC(=NCC(C)(O)c1cnn(C)c1)NCC(c1ccco1)N(CC)CC.I. The molecule has 0 saturated carbocycles. The number of nitrogens with one attached hydrogen (secondary N) is 2. The van der Waals surface area contributed by atoms with Crippen molar-refractivity contribution >= 4 is 29.9 Å². The first kappa shape index (κ1) is 25.4.